The minimum absolute atomic E-state index is 1.35. The van der Waals surface area contributed by atoms with Crippen LogP contribution in [0, 0.1) is 13.8 Å². The van der Waals surface area contributed by atoms with Crippen LogP contribution in [0.25, 0.3) is 43.1 Å². The van der Waals surface area contributed by atoms with E-state index in [1.165, 1.54) is 54.2 Å². The molecular formula is C24H18. The highest BCUT2D eigenvalue weighted by molar-refractivity contribution is 6.29. The molecule has 0 amide bonds. The molecule has 0 aliphatic rings. The first-order valence-corrected chi connectivity index (χ1v) is 8.48. The van der Waals surface area contributed by atoms with Crippen LogP contribution in [0.5, 0.6) is 0 Å². The van der Waals surface area contributed by atoms with Crippen molar-refractivity contribution in [2.45, 2.75) is 13.8 Å². The molecule has 0 aliphatic carbocycles. The van der Waals surface area contributed by atoms with Gasteiger partial charge in [0, 0.05) is 0 Å². The Balaban J connectivity index is 2.26. The fraction of sp³-hybridized carbons (Fsp3) is 0.0833. The van der Waals surface area contributed by atoms with E-state index in [0.717, 1.165) is 0 Å². The molecule has 0 N–H and O–H groups in total. The molecule has 0 nitrogen and oxygen atoms in total. The lowest BCUT2D eigenvalue weighted by Crippen LogP contribution is -1.91. The van der Waals surface area contributed by atoms with Gasteiger partial charge in [0.1, 0.15) is 0 Å². The fourth-order valence-corrected chi connectivity index (χ4v) is 4.33. The highest BCUT2D eigenvalue weighted by Gasteiger charge is 2.15. The maximum absolute atomic E-state index is 2.27. The molecule has 0 heterocycles. The average Bonchev–Trinajstić information content (AvgIpc) is 2.65. The summed E-state index contributed by atoms with van der Waals surface area (Å²) in [6, 6.07) is 26.4. The Morgan fingerprint density at radius 3 is 1.04 bits per heavy atom. The van der Waals surface area contributed by atoms with E-state index < -0.39 is 0 Å². The van der Waals surface area contributed by atoms with Gasteiger partial charge in [-0.25, -0.2) is 0 Å². The third kappa shape index (κ3) is 1.63. The number of rotatable bonds is 0. The SMILES string of the molecule is Cc1c2ccccc2c(C)c2c3ccccc3c3ccccc3c12. The molecular weight excluding hydrogens is 288 g/mol. The van der Waals surface area contributed by atoms with Gasteiger partial charge in [-0.3, -0.25) is 0 Å². The topological polar surface area (TPSA) is 0 Å². The maximum atomic E-state index is 2.27. The largest absolute Gasteiger partial charge is 0.0616 e. The zero-order chi connectivity index (χ0) is 16.3. The molecule has 0 spiro atoms. The fourth-order valence-electron chi connectivity index (χ4n) is 4.33. The monoisotopic (exact) mass is 306 g/mol. The van der Waals surface area contributed by atoms with Crippen LogP contribution in [0.1, 0.15) is 11.1 Å². The number of aryl methyl sites for hydroxylation is 2. The Morgan fingerprint density at radius 2 is 0.667 bits per heavy atom. The first-order valence-electron chi connectivity index (χ1n) is 8.48. The summed E-state index contributed by atoms with van der Waals surface area (Å²) < 4.78 is 0. The molecule has 0 heteroatoms. The van der Waals surface area contributed by atoms with Crippen molar-refractivity contribution in [3.63, 3.8) is 0 Å². The van der Waals surface area contributed by atoms with Crippen LogP contribution < -0.4 is 0 Å². The van der Waals surface area contributed by atoms with Gasteiger partial charge < -0.3 is 0 Å². The van der Waals surface area contributed by atoms with Crippen LogP contribution in [-0.2, 0) is 0 Å². The summed E-state index contributed by atoms with van der Waals surface area (Å²) in [5.41, 5.74) is 2.77. The molecule has 5 aromatic carbocycles. The average molecular weight is 306 g/mol. The molecule has 0 aliphatic heterocycles. The van der Waals surface area contributed by atoms with Gasteiger partial charge >= 0.3 is 0 Å². The van der Waals surface area contributed by atoms with Gasteiger partial charge in [-0.05, 0) is 68.1 Å². The molecule has 0 fully saturated rings. The number of hydrogen-bond donors (Lipinski definition) is 0. The molecule has 0 atom stereocenters. The molecule has 0 bridgehead atoms. The standard InChI is InChI=1S/C24H18/c1-15-17-9-3-4-10-18(17)16(2)24-22-14-8-6-12-20(22)19-11-5-7-13-21(19)23(15)24/h3-14H,1-2H3. The predicted octanol–water partition coefficient (Wildman–Crippen LogP) is 6.92. The van der Waals surface area contributed by atoms with Crippen LogP contribution >= 0.6 is 0 Å². The van der Waals surface area contributed by atoms with E-state index in [-0.39, 0.29) is 0 Å². The van der Waals surface area contributed by atoms with E-state index in [1.807, 2.05) is 0 Å². The Morgan fingerprint density at radius 1 is 0.375 bits per heavy atom. The van der Waals surface area contributed by atoms with Crippen molar-refractivity contribution in [1.29, 1.82) is 0 Å². The van der Waals surface area contributed by atoms with Crippen LogP contribution in [-0.4, -0.2) is 0 Å². The smallest absolute Gasteiger partial charge is 0.00606 e. The Bertz CT molecular complexity index is 1160. The second kappa shape index (κ2) is 4.82. The molecule has 24 heavy (non-hydrogen) atoms. The van der Waals surface area contributed by atoms with Crippen molar-refractivity contribution in [2.75, 3.05) is 0 Å². The lowest BCUT2D eigenvalue weighted by molar-refractivity contribution is 1.54. The molecule has 114 valence electrons. The van der Waals surface area contributed by atoms with Crippen LogP contribution in [0.2, 0.25) is 0 Å². The zero-order valence-corrected chi connectivity index (χ0v) is 13.9. The van der Waals surface area contributed by atoms with Crippen molar-refractivity contribution in [3.05, 3.63) is 83.9 Å². The van der Waals surface area contributed by atoms with Crippen LogP contribution in [0.3, 0.4) is 0 Å². The van der Waals surface area contributed by atoms with Crippen molar-refractivity contribution in [1.82, 2.24) is 0 Å². The van der Waals surface area contributed by atoms with Gasteiger partial charge in [-0.1, -0.05) is 72.8 Å². The lowest BCUT2D eigenvalue weighted by atomic mass is 9.86. The molecule has 0 unspecified atom stereocenters. The minimum Gasteiger partial charge on any atom is -0.0616 e. The number of hydrogen-bond acceptors (Lipinski definition) is 0. The number of fused-ring (bicyclic) bond motifs is 7. The molecule has 0 aromatic heterocycles. The quantitative estimate of drug-likeness (QED) is 0.215. The van der Waals surface area contributed by atoms with Gasteiger partial charge in [-0.15, -0.1) is 0 Å². The molecule has 0 saturated carbocycles. The van der Waals surface area contributed by atoms with Gasteiger partial charge in [-0.2, -0.15) is 0 Å². The molecule has 5 rings (SSSR count). The van der Waals surface area contributed by atoms with Crippen LogP contribution in [0.15, 0.2) is 72.8 Å². The predicted molar refractivity (Wildman–Crippen MR) is 106 cm³/mol. The Labute approximate surface area is 141 Å². The first kappa shape index (κ1) is 13.6. The van der Waals surface area contributed by atoms with Gasteiger partial charge in [0.15, 0.2) is 0 Å². The molecule has 0 saturated heterocycles. The second-order valence-electron chi connectivity index (χ2n) is 6.64. The van der Waals surface area contributed by atoms with E-state index in [9.17, 15) is 0 Å². The van der Waals surface area contributed by atoms with Crippen molar-refractivity contribution < 1.29 is 0 Å². The number of benzene rings is 5. The van der Waals surface area contributed by atoms with E-state index in [0.29, 0.717) is 0 Å². The van der Waals surface area contributed by atoms with Gasteiger partial charge in [0.05, 0.1) is 0 Å². The van der Waals surface area contributed by atoms with Gasteiger partial charge in [0.2, 0.25) is 0 Å². The second-order valence-corrected chi connectivity index (χ2v) is 6.64. The Kier molecular flexibility index (Phi) is 2.72. The highest BCUT2D eigenvalue weighted by Crippen LogP contribution is 2.41. The lowest BCUT2D eigenvalue weighted by Gasteiger charge is -2.17. The third-order valence-electron chi connectivity index (χ3n) is 5.42. The summed E-state index contributed by atoms with van der Waals surface area (Å²) in [6.45, 7) is 4.54. The van der Waals surface area contributed by atoms with Crippen molar-refractivity contribution >= 4 is 43.1 Å². The zero-order valence-electron chi connectivity index (χ0n) is 13.9. The van der Waals surface area contributed by atoms with E-state index in [4.69, 9.17) is 0 Å². The first-order chi connectivity index (χ1) is 11.8. The molecule has 0 radical (unpaired) electrons. The van der Waals surface area contributed by atoms with Crippen molar-refractivity contribution in [2.24, 2.45) is 0 Å². The van der Waals surface area contributed by atoms with E-state index in [1.54, 1.807) is 0 Å². The van der Waals surface area contributed by atoms with E-state index >= 15 is 0 Å². The summed E-state index contributed by atoms with van der Waals surface area (Å²) in [6.07, 6.45) is 0. The van der Waals surface area contributed by atoms with Crippen LogP contribution in [0.4, 0.5) is 0 Å². The summed E-state index contributed by atoms with van der Waals surface area (Å²) in [4.78, 5) is 0. The van der Waals surface area contributed by atoms with Crippen molar-refractivity contribution in [3.8, 4) is 0 Å². The molecule has 5 aromatic rings. The Hall–Kier alpha value is -2.86. The third-order valence-corrected chi connectivity index (χ3v) is 5.42. The van der Waals surface area contributed by atoms with Gasteiger partial charge in [0.25, 0.3) is 0 Å². The summed E-state index contributed by atoms with van der Waals surface area (Å²) in [5, 5.41) is 10.9. The minimum atomic E-state index is 1.35. The van der Waals surface area contributed by atoms with E-state index in [2.05, 4.69) is 86.6 Å². The summed E-state index contributed by atoms with van der Waals surface area (Å²) in [7, 11) is 0. The normalized spacial score (nSPS) is 11.8. The maximum Gasteiger partial charge on any atom is -0.00606 e. The summed E-state index contributed by atoms with van der Waals surface area (Å²) >= 11 is 0. The highest BCUT2D eigenvalue weighted by atomic mass is 14.2. The summed E-state index contributed by atoms with van der Waals surface area (Å²) in [5.74, 6) is 0.